The summed E-state index contributed by atoms with van der Waals surface area (Å²) in [6.07, 6.45) is 5.75. The lowest BCUT2D eigenvalue weighted by Gasteiger charge is -2.22. The number of benzene rings is 1. The van der Waals surface area contributed by atoms with Crippen LogP contribution >= 0.6 is 0 Å². The van der Waals surface area contributed by atoms with Gasteiger partial charge in [0.15, 0.2) is 0 Å². The fourth-order valence-electron chi connectivity index (χ4n) is 3.51. The molecule has 1 amide bonds. The molecular formula is C21H28N4O. The zero-order valence-electron chi connectivity index (χ0n) is 16.0. The Morgan fingerprint density at radius 3 is 2.54 bits per heavy atom. The number of rotatable bonds is 4. The SMILES string of the molecule is CCc1cccc(C)c1NC(=O)c1cc(N2CCCCCC2)nc(C)n1. The Kier molecular flexibility index (Phi) is 5.86. The van der Waals surface area contributed by atoms with Gasteiger partial charge in [0.1, 0.15) is 17.3 Å². The fourth-order valence-corrected chi connectivity index (χ4v) is 3.51. The van der Waals surface area contributed by atoms with Crippen LogP contribution in [0, 0.1) is 13.8 Å². The Morgan fingerprint density at radius 1 is 1.12 bits per heavy atom. The second-order valence-electron chi connectivity index (χ2n) is 6.98. The summed E-state index contributed by atoms with van der Waals surface area (Å²) in [6.45, 7) is 7.95. The maximum atomic E-state index is 12.9. The van der Waals surface area contributed by atoms with Gasteiger partial charge < -0.3 is 10.2 Å². The van der Waals surface area contributed by atoms with Gasteiger partial charge >= 0.3 is 0 Å². The number of para-hydroxylation sites is 1. The van der Waals surface area contributed by atoms with Gasteiger partial charge in [0, 0.05) is 24.8 Å². The number of carbonyl (C=O) groups excluding carboxylic acids is 1. The molecule has 0 spiro atoms. The Balaban J connectivity index is 1.86. The van der Waals surface area contributed by atoms with E-state index in [9.17, 15) is 4.79 Å². The third kappa shape index (κ3) is 4.21. The highest BCUT2D eigenvalue weighted by Crippen LogP contribution is 2.23. The second kappa shape index (κ2) is 8.30. The van der Waals surface area contributed by atoms with Crippen molar-refractivity contribution in [3.8, 4) is 0 Å². The van der Waals surface area contributed by atoms with Gasteiger partial charge in [-0.2, -0.15) is 0 Å². The third-order valence-corrected chi connectivity index (χ3v) is 4.97. The number of carbonyl (C=O) groups is 1. The van der Waals surface area contributed by atoms with Crippen molar-refractivity contribution in [2.75, 3.05) is 23.3 Å². The van der Waals surface area contributed by atoms with Crippen molar-refractivity contribution in [3.05, 3.63) is 46.9 Å². The summed E-state index contributed by atoms with van der Waals surface area (Å²) in [4.78, 5) is 24.1. The number of nitrogens with one attached hydrogen (secondary N) is 1. The zero-order chi connectivity index (χ0) is 18.5. The summed E-state index contributed by atoms with van der Waals surface area (Å²) in [5.74, 6) is 1.33. The predicted octanol–water partition coefficient (Wildman–Crippen LogP) is 4.29. The Bertz CT molecular complexity index is 780. The zero-order valence-corrected chi connectivity index (χ0v) is 16.0. The molecule has 0 saturated carbocycles. The summed E-state index contributed by atoms with van der Waals surface area (Å²) < 4.78 is 0. The highest BCUT2D eigenvalue weighted by Gasteiger charge is 2.17. The van der Waals surface area contributed by atoms with Crippen molar-refractivity contribution in [1.29, 1.82) is 0 Å². The molecule has 1 N–H and O–H groups in total. The van der Waals surface area contributed by atoms with E-state index in [1.54, 1.807) is 0 Å². The van der Waals surface area contributed by atoms with Gasteiger partial charge in [-0.15, -0.1) is 0 Å². The molecule has 1 aliphatic rings. The molecule has 1 fully saturated rings. The molecule has 0 unspecified atom stereocenters. The summed E-state index contributed by atoms with van der Waals surface area (Å²) >= 11 is 0. The van der Waals surface area contributed by atoms with Crippen LogP contribution in [0.3, 0.4) is 0 Å². The number of anilines is 2. The monoisotopic (exact) mass is 352 g/mol. The van der Waals surface area contributed by atoms with Gasteiger partial charge in [0.2, 0.25) is 0 Å². The molecule has 1 aromatic carbocycles. The van der Waals surface area contributed by atoms with E-state index in [1.807, 2.05) is 32.0 Å². The molecule has 138 valence electrons. The first-order valence-electron chi connectivity index (χ1n) is 9.59. The first kappa shape index (κ1) is 18.4. The molecule has 0 radical (unpaired) electrons. The van der Waals surface area contributed by atoms with Gasteiger partial charge in [0.25, 0.3) is 5.91 Å². The minimum absolute atomic E-state index is 0.171. The smallest absolute Gasteiger partial charge is 0.274 e. The molecule has 1 aliphatic heterocycles. The quantitative estimate of drug-likeness (QED) is 0.892. The highest BCUT2D eigenvalue weighted by molar-refractivity contribution is 6.04. The van der Waals surface area contributed by atoms with E-state index in [1.165, 1.54) is 25.7 Å². The molecule has 26 heavy (non-hydrogen) atoms. The van der Waals surface area contributed by atoms with Crippen molar-refractivity contribution >= 4 is 17.4 Å². The lowest BCUT2D eigenvalue weighted by atomic mass is 10.1. The first-order chi connectivity index (χ1) is 12.6. The highest BCUT2D eigenvalue weighted by atomic mass is 16.1. The molecule has 2 heterocycles. The summed E-state index contributed by atoms with van der Waals surface area (Å²) in [7, 11) is 0. The number of amides is 1. The maximum Gasteiger partial charge on any atom is 0.274 e. The molecule has 3 rings (SSSR count). The minimum atomic E-state index is -0.171. The standard InChI is InChI=1S/C21H28N4O/c1-4-17-11-9-10-15(2)20(17)24-21(26)18-14-19(23-16(3)22-18)25-12-7-5-6-8-13-25/h9-11,14H,4-8,12-13H2,1-3H3,(H,24,26). The van der Waals surface area contributed by atoms with E-state index < -0.39 is 0 Å². The number of aryl methyl sites for hydroxylation is 3. The van der Waals surface area contributed by atoms with Gasteiger partial charge in [-0.25, -0.2) is 9.97 Å². The van der Waals surface area contributed by atoms with E-state index in [4.69, 9.17) is 0 Å². The van der Waals surface area contributed by atoms with Gasteiger partial charge in [-0.05, 0) is 44.2 Å². The number of nitrogens with zero attached hydrogens (tertiary/aromatic N) is 3. The number of hydrogen-bond donors (Lipinski definition) is 1. The van der Waals surface area contributed by atoms with Crippen molar-refractivity contribution in [1.82, 2.24) is 9.97 Å². The van der Waals surface area contributed by atoms with E-state index in [0.29, 0.717) is 11.5 Å². The van der Waals surface area contributed by atoms with Crippen LogP contribution in [0.15, 0.2) is 24.3 Å². The van der Waals surface area contributed by atoms with Crippen LogP contribution in [0.1, 0.15) is 60.0 Å². The molecule has 5 heteroatoms. The molecule has 0 atom stereocenters. The molecule has 0 aliphatic carbocycles. The normalized spacial score (nSPS) is 14.8. The minimum Gasteiger partial charge on any atom is -0.356 e. The molecular weight excluding hydrogens is 324 g/mol. The largest absolute Gasteiger partial charge is 0.356 e. The lowest BCUT2D eigenvalue weighted by Crippen LogP contribution is -2.26. The van der Waals surface area contributed by atoms with Crippen LogP contribution in [0.2, 0.25) is 0 Å². The topological polar surface area (TPSA) is 58.1 Å². The molecule has 1 saturated heterocycles. The molecule has 2 aromatic rings. The molecule has 5 nitrogen and oxygen atoms in total. The van der Waals surface area contributed by atoms with Gasteiger partial charge in [-0.3, -0.25) is 4.79 Å². The van der Waals surface area contributed by atoms with Crippen molar-refractivity contribution in [2.24, 2.45) is 0 Å². The molecule has 0 bridgehead atoms. The Morgan fingerprint density at radius 2 is 1.85 bits per heavy atom. The van der Waals surface area contributed by atoms with Gasteiger partial charge in [0.05, 0.1) is 0 Å². The Hall–Kier alpha value is -2.43. The second-order valence-corrected chi connectivity index (χ2v) is 6.98. The van der Waals surface area contributed by atoms with E-state index in [-0.39, 0.29) is 5.91 Å². The van der Waals surface area contributed by atoms with Crippen LogP contribution in [0.4, 0.5) is 11.5 Å². The van der Waals surface area contributed by atoms with Crippen LogP contribution < -0.4 is 10.2 Å². The predicted molar refractivity (Wildman–Crippen MR) is 106 cm³/mol. The average Bonchev–Trinajstić information content (AvgIpc) is 2.92. The van der Waals surface area contributed by atoms with Crippen LogP contribution in [0.25, 0.3) is 0 Å². The summed E-state index contributed by atoms with van der Waals surface area (Å²) in [6, 6.07) is 7.92. The van der Waals surface area contributed by atoms with Crippen LogP contribution in [0.5, 0.6) is 0 Å². The fraction of sp³-hybridized carbons (Fsp3) is 0.476. The van der Waals surface area contributed by atoms with Crippen molar-refractivity contribution in [2.45, 2.75) is 52.9 Å². The van der Waals surface area contributed by atoms with E-state index >= 15 is 0 Å². The van der Waals surface area contributed by atoms with Crippen molar-refractivity contribution < 1.29 is 4.79 Å². The van der Waals surface area contributed by atoms with Crippen LogP contribution in [-0.2, 0) is 6.42 Å². The summed E-state index contributed by atoms with van der Waals surface area (Å²) in [5, 5.41) is 3.07. The lowest BCUT2D eigenvalue weighted by molar-refractivity contribution is 0.102. The van der Waals surface area contributed by atoms with Crippen molar-refractivity contribution in [3.63, 3.8) is 0 Å². The maximum absolute atomic E-state index is 12.9. The van der Waals surface area contributed by atoms with E-state index in [0.717, 1.165) is 42.1 Å². The van der Waals surface area contributed by atoms with Crippen LogP contribution in [-0.4, -0.2) is 29.0 Å². The summed E-state index contributed by atoms with van der Waals surface area (Å²) in [5.41, 5.74) is 3.53. The number of aromatic nitrogens is 2. The first-order valence-corrected chi connectivity index (χ1v) is 9.59. The third-order valence-electron chi connectivity index (χ3n) is 4.97. The van der Waals surface area contributed by atoms with Gasteiger partial charge in [-0.1, -0.05) is 38.0 Å². The molecule has 1 aromatic heterocycles. The van der Waals surface area contributed by atoms with E-state index in [2.05, 4.69) is 33.2 Å². The number of hydrogen-bond acceptors (Lipinski definition) is 4. The Labute approximate surface area is 155 Å². The average molecular weight is 352 g/mol.